The Kier molecular flexibility index (Phi) is 6.12. The topological polar surface area (TPSA) is 64.6 Å². The molecule has 0 saturated carbocycles. The van der Waals surface area contributed by atoms with Crippen molar-refractivity contribution in [3.63, 3.8) is 0 Å². The maximum Gasteiger partial charge on any atom is 0.344 e. The first-order chi connectivity index (χ1) is 13.0. The fraction of sp³-hybridized carbons (Fsp3) is 0.364. The van der Waals surface area contributed by atoms with Gasteiger partial charge in [0.25, 0.3) is 5.91 Å². The summed E-state index contributed by atoms with van der Waals surface area (Å²) in [6.07, 6.45) is 2.45. The number of rotatable bonds is 7. The van der Waals surface area contributed by atoms with Gasteiger partial charge < -0.3 is 14.8 Å². The quantitative estimate of drug-likeness (QED) is 0.764. The van der Waals surface area contributed by atoms with Crippen molar-refractivity contribution in [3.8, 4) is 5.75 Å². The van der Waals surface area contributed by atoms with E-state index in [2.05, 4.69) is 5.32 Å². The second kappa shape index (κ2) is 8.71. The minimum absolute atomic E-state index is 0.214. The van der Waals surface area contributed by atoms with Gasteiger partial charge in [-0.1, -0.05) is 35.9 Å². The summed E-state index contributed by atoms with van der Waals surface area (Å²) in [6, 6.07) is 13.8. The molecule has 5 heteroatoms. The van der Waals surface area contributed by atoms with Crippen LogP contribution < -0.4 is 10.1 Å². The number of amides is 1. The van der Waals surface area contributed by atoms with Crippen LogP contribution in [0, 0.1) is 6.92 Å². The number of nitrogens with one attached hydrogen (secondary N) is 1. The average Bonchev–Trinajstić information content (AvgIpc) is 3.13. The summed E-state index contributed by atoms with van der Waals surface area (Å²) in [5.41, 5.74) is 4.79. The van der Waals surface area contributed by atoms with E-state index < -0.39 is 12.1 Å². The van der Waals surface area contributed by atoms with E-state index >= 15 is 0 Å². The molecular weight excluding hydrogens is 342 g/mol. The lowest BCUT2D eigenvalue weighted by Gasteiger charge is -2.14. The molecule has 3 rings (SSSR count). The van der Waals surface area contributed by atoms with Crippen molar-refractivity contribution in [2.24, 2.45) is 0 Å². The Labute approximate surface area is 159 Å². The molecule has 1 aliphatic rings. The maximum absolute atomic E-state index is 12.1. The fourth-order valence-electron chi connectivity index (χ4n) is 3.10. The standard InChI is InChI=1S/C22H25NO4/c1-15-6-8-17(9-7-15)13-23-22(25)16(2)27-21(24)14-26-20-11-10-18-4-3-5-19(18)12-20/h6-12,16H,3-5,13-14H2,1-2H3,(H,23,25)/t16-/m0/s1. The zero-order valence-electron chi connectivity index (χ0n) is 15.8. The molecule has 0 aliphatic heterocycles. The van der Waals surface area contributed by atoms with Crippen LogP contribution in [0.25, 0.3) is 0 Å². The second-order valence-corrected chi connectivity index (χ2v) is 6.91. The molecule has 0 spiro atoms. The number of hydrogen-bond acceptors (Lipinski definition) is 4. The SMILES string of the molecule is Cc1ccc(CNC(=O)[C@H](C)OC(=O)COc2ccc3c(c2)CCC3)cc1. The van der Waals surface area contributed by atoms with E-state index in [0.29, 0.717) is 12.3 Å². The molecule has 0 radical (unpaired) electrons. The molecule has 27 heavy (non-hydrogen) atoms. The van der Waals surface area contributed by atoms with Gasteiger partial charge in [-0.2, -0.15) is 0 Å². The minimum Gasteiger partial charge on any atom is -0.482 e. The summed E-state index contributed by atoms with van der Waals surface area (Å²) < 4.78 is 10.7. The Balaban J connectivity index is 1.41. The van der Waals surface area contributed by atoms with E-state index in [1.54, 1.807) is 6.92 Å². The minimum atomic E-state index is -0.869. The van der Waals surface area contributed by atoms with Gasteiger partial charge in [0.2, 0.25) is 0 Å². The summed E-state index contributed by atoms with van der Waals surface area (Å²) >= 11 is 0. The molecule has 1 aliphatic carbocycles. The van der Waals surface area contributed by atoms with Gasteiger partial charge in [-0.05, 0) is 61.9 Å². The van der Waals surface area contributed by atoms with Crippen LogP contribution in [-0.2, 0) is 33.7 Å². The van der Waals surface area contributed by atoms with Gasteiger partial charge in [-0.3, -0.25) is 4.79 Å². The van der Waals surface area contributed by atoms with Crippen LogP contribution >= 0.6 is 0 Å². The van der Waals surface area contributed by atoms with Crippen molar-refractivity contribution < 1.29 is 19.1 Å². The largest absolute Gasteiger partial charge is 0.482 e. The van der Waals surface area contributed by atoms with Crippen LogP contribution in [0.5, 0.6) is 5.75 Å². The number of esters is 1. The average molecular weight is 367 g/mol. The Bertz CT molecular complexity index is 814. The first-order valence-corrected chi connectivity index (χ1v) is 9.28. The van der Waals surface area contributed by atoms with E-state index in [0.717, 1.165) is 30.4 Å². The highest BCUT2D eigenvalue weighted by Crippen LogP contribution is 2.25. The van der Waals surface area contributed by atoms with Gasteiger partial charge >= 0.3 is 5.97 Å². The van der Waals surface area contributed by atoms with E-state index in [4.69, 9.17) is 9.47 Å². The molecule has 5 nitrogen and oxygen atoms in total. The monoisotopic (exact) mass is 367 g/mol. The zero-order chi connectivity index (χ0) is 19.2. The van der Waals surface area contributed by atoms with Crippen LogP contribution in [-0.4, -0.2) is 24.6 Å². The highest BCUT2D eigenvalue weighted by Gasteiger charge is 2.18. The van der Waals surface area contributed by atoms with Crippen molar-refractivity contribution >= 4 is 11.9 Å². The summed E-state index contributed by atoms with van der Waals surface area (Å²) in [6.45, 7) is 3.74. The number of benzene rings is 2. The Hall–Kier alpha value is -2.82. The van der Waals surface area contributed by atoms with E-state index in [1.165, 1.54) is 11.1 Å². The normalized spacial score (nSPS) is 13.6. The summed E-state index contributed by atoms with van der Waals surface area (Å²) in [5.74, 6) is -0.237. The Morgan fingerprint density at radius 1 is 1.07 bits per heavy atom. The molecule has 0 saturated heterocycles. The number of fused-ring (bicyclic) bond motifs is 1. The van der Waals surface area contributed by atoms with Gasteiger partial charge in [0.1, 0.15) is 5.75 Å². The number of aryl methyl sites for hydroxylation is 3. The molecule has 142 valence electrons. The van der Waals surface area contributed by atoms with Gasteiger partial charge in [-0.25, -0.2) is 4.79 Å². The van der Waals surface area contributed by atoms with Crippen LogP contribution in [0.4, 0.5) is 0 Å². The molecule has 1 N–H and O–H groups in total. The zero-order valence-corrected chi connectivity index (χ0v) is 15.8. The number of carbonyl (C=O) groups is 2. The molecule has 0 aromatic heterocycles. The van der Waals surface area contributed by atoms with Crippen molar-refractivity contribution in [2.45, 2.75) is 45.8 Å². The number of hydrogen-bond donors (Lipinski definition) is 1. The third kappa shape index (κ3) is 5.33. The number of carbonyl (C=O) groups excluding carboxylic acids is 2. The first kappa shape index (κ1) is 19.0. The third-order valence-electron chi connectivity index (χ3n) is 4.69. The molecule has 2 aromatic carbocycles. The fourth-order valence-corrected chi connectivity index (χ4v) is 3.10. The van der Waals surface area contributed by atoms with Gasteiger partial charge in [0, 0.05) is 6.54 Å². The van der Waals surface area contributed by atoms with Crippen molar-refractivity contribution in [1.82, 2.24) is 5.32 Å². The molecule has 1 atom stereocenters. The van der Waals surface area contributed by atoms with Crippen LogP contribution in [0.3, 0.4) is 0 Å². The predicted octanol–water partition coefficient (Wildman–Crippen LogP) is 3.11. The van der Waals surface area contributed by atoms with Crippen molar-refractivity contribution in [2.75, 3.05) is 6.61 Å². The number of ether oxygens (including phenoxy) is 2. The Morgan fingerprint density at radius 3 is 2.59 bits per heavy atom. The van der Waals surface area contributed by atoms with E-state index in [1.807, 2.05) is 49.4 Å². The molecular formula is C22H25NO4. The third-order valence-corrected chi connectivity index (χ3v) is 4.69. The van der Waals surface area contributed by atoms with Crippen LogP contribution in [0.1, 0.15) is 35.6 Å². The highest BCUT2D eigenvalue weighted by molar-refractivity contribution is 5.83. The lowest BCUT2D eigenvalue weighted by Crippen LogP contribution is -2.36. The molecule has 2 aromatic rings. The van der Waals surface area contributed by atoms with Gasteiger partial charge in [0.05, 0.1) is 0 Å². The smallest absolute Gasteiger partial charge is 0.344 e. The van der Waals surface area contributed by atoms with E-state index in [9.17, 15) is 9.59 Å². The molecule has 0 fully saturated rings. The molecule has 1 amide bonds. The van der Waals surface area contributed by atoms with Gasteiger partial charge in [-0.15, -0.1) is 0 Å². The molecule has 0 unspecified atom stereocenters. The molecule has 0 heterocycles. The van der Waals surface area contributed by atoms with Crippen LogP contribution in [0.15, 0.2) is 42.5 Å². The predicted molar refractivity (Wildman–Crippen MR) is 103 cm³/mol. The van der Waals surface area contributed by atoms with Crippen molar-refractivity contribution in [1.29, 1.82) is 0 Å². The lowest BCUT2D eigenvalue weighted by atomic mass is 10.1. The summed E-state index contributed by atoms with van der Waals surface area (Å²) in [4.78, 5) is 24.0. The van der Waals surface area contributed by atoms with E-state index in [-0.39, 0.29) is 12.5 Å². The first-order valence-electron chi connectivity index (χ1n) is 9.28. The van der Waals surface area contributed by atoms with Crippen molar-refractivity contribution in [3.05, 3.63) is 64.7 Å². The summed E-state index contributed by atoms with van der Waals surface area (Å²) in [7, 11) is 0. The van der Waals surface area contributed by atoms with Gasteiger partial charge in [0.15, 0.2) is 12.7 Å². The second-order valence-electron chi connectivity index (χ2n) is 6.91. The van der Waals surface area contributed by atoms with Crippen LogP contribution in [0.2, 0.25) is 0 Å². The Morgan fingerprint density at radius 2 is 1.81 bits per heavy atom. The molecule has 0 bridgehead atoms. The lowest BCUT2D eigenvalue weighted by molar-refractivity contribution is -0.156. The summed E-state index contributed by atoms with van der Waals surface area (Å²) in [5, 5.41) is 2.77. The highest BCUT2D eigenvalue weighted by atomic mass is 16.6. The maximum atomic E-state index is 12.1.